The van der Waals surface area contributed by atoms with E-state index in [2.05, 4.69) is 15.1 Å². The molecule has 1 unspecified atom stereocenters. The number of hydrogen-bond donors (Lipinski definition) is 1. The van der Waals surface area contributed by atoms with E-state index in [-0.39, 0.29) is 6.10 Å². The van der Waals surface area contributed by atoms with Gasteiger partial charge in [-0.3, -0.25) is 0 Å². The number of ether oxygens (including phenoxy) is 1. The first-order chi connectivity index (χ1) is 8.28. The van der Waals surface area contributed by atoms with Crippen LogP contribution >= 0.6 is 0 Å². The zero-order chi connectivity index (χ0) is 12.3. The number of aromatic nitrogens is 3. The minimum Gasteiger partial charge on any atom is -0.373 e. The maximum atomic E-state index is 8.71. The van der Waals surface area contributed by atoms with Gasteiger partial charge in [-0.2, -0.15) is 10.2 Å². The van der Waals surface area contributed by atoms with Gasteiger partial charge in [0.2, 0.25) is 5.82 Å². The van der Waals surface area contributed by atoms with Crippen LogP contribution in [0.1, 0.15) is 30.8 Å². The third kappa shape index (κ3) is 2.19. The summed E-state index contributed by atoms with van der Waals surface area (Å²) in [6.07, 6.45) is 2.19. The van der Waals surface area contributed by atoms with Crippen molar-refractivity contribution in [1.82, 2.24) is 15.1 Å². The van der Waals surface area contributed by atoms with E-state index in [9.17, 15) is 0 Å². The normalized spacial score (nSPS) is 12.3. The van der Waals surface area contributed by atoms with Crippen LogP contribution in [-0.4, -0.2) is 22.2 Å². The fraction of sp³-hybridized carbons (Fsp3) is 0.364. The van der Waals surface area contributed by atoms with Gasteiger partial charge in [-0.05, 0) is 12.5 Å². The first-order valence-corrected chi connectivity index (χ1v) is 5.23. The third-order valence-corrected chi connectivity index (χ3v) is 2.43. The Kier molecular flexibility index (Phi) is 3.21. The van der Waals surface area contributed by atoms with Gasteiger partial charge in [0.15, 0.2) is 0 Å². The molecule has 1 atom stereocenters. The third-order valence-electron chi connectivity index (χ3n) is 2.43. The lowest BCUT2D eigenvalue weighted by Gasteiger charge is -2.05. The van der Waals surface area contributed by atoms with Gasteiger partial charge in [-0.1, -0.05) is 12.1 Å². The van der Waals surface area contributed by atoms with Crippen LogP contribution in [0, 0.1) is 11.3 Å². The molecule has 0 fully saturated rings. The van der Waals surface area contributed by atoms with Crippen molar-refractivity contribution in [3.8, 4) is 17.7 Å². The van der Waals surface area contributed by atoms with Crippen molar-refractivity contribution < 1.29 is 9.26 Å². The Labute approximate surface area is 98.2 Å². The molecule has 0 aromatic carbocycles. The summed E-state index contributed by atoms with van der Waals surface area (Å²) in [6, 6.07) is 3.68. The molecule has 88 valence electrons. The number of nitrogens with one attached hydrogen (secondary N) is 1. The number of methoxy groups -OCH3 is 1. The van der Waals surface area contributed by atoms with E-state index in [1.54, 1.807) is 19.4 Å². The van der Waals surface area contributed by atoms with Gasteiger partial charge in [0.1, 0.15) is 17.9 Å². The number of nitriles is 1. The number of nitrogens with zero attached hydrogens (tertiary/aromatic N) is 3. The van der Waals surface area contributed by atoms with Crippen LogP contribution in [0.25, 0.3) is 11.6 Å². The summed E-state index contributed by atoms with van der Waals surface area (Å²) in [5.74, 6) is 0.870. The molecule has 2 rings (SSSR count). The molecule has 2 aromatic heterocycles. The average Bonchev–Trinajstić information content (AvgIpc) is 2.98. The minimum atomic E-state index is -0.169. The molecule has 0 saturated carbocycles. The predicted octanol–water partition coefficient (Wildman–Crippen LogP) is 2.03. The minimum absolute atomic E-state index is 0.169. The van der Waals surface area contributed by atoms with Crippen LogP contribution in [0.2, 0.25) is 0 Å². The van der Waals surface area contributed by atoms with Crippen molar-refractivity contribution in [2.24, 2.45) is 0 Å². The van der Waals surface area contributed by atoms with Gasteiger partial charge in [-0.15, -0.1) is 0 Å². The molecule has 6 nitrogen and oxygen atoms in total. The number of H-pyrrole nitrogens is 1. The van der Waals surface area contributed by atoms with Crippen LogP contribution in [-0.2, 0) is 4.74 Å². The second-order valence-electron chi connectivity index (χ2n) is 3.50. The number of aromatic amines is 1. The first-order valence-electron chi connectivity index (χ1n) is 5.23. The Bertz CT molecular complexity index is 534. The highest BCUT2D eigenvalue weighted by atomic mass is 16.5. The van der Waals surface area contributed by atoms with Gasteiger partial charge >= 0.3 is 0 Å². The fourth-order valence-electron chi connectivity index (χ4n) is 1.51. The largest absolute Gasteiger partial charge is 0.373 e. The van der Waals surface area contributed by atoms with Gasteiger partial charge in [0.25, 0.3) is 5.89 Å². The Morgan fingerprint density at radius 2 is 2.47 bits per heavy atom. The summed E-state index contributed by atoms with van der Waals surface area (Å²) in [4.78, 5) is 7.13. The maximum absolute atomic E-state index is 8.71. The van der Waals surface area contributed by atoms with E-state index in [4.69, 9.17) is 14.5 Å². The molecule has 6 heteroatoms. The smallest absolute Gasteiger partial charge is 0.274 e. The Hall–Kier alpha value is -2.13. The fourth-order valence-corrected chi connectivity index (χ4v) is 1.51. The summed E-state index contributed by atoms with van der Waals surface area (Å²) in [5.41, 5.74) is 1.16. The van der Waals surface area contributed by atoms with Crippen LogP contribution in [0.3, 0.4) is 0 Å². The van der Waals surface area contributed by atoms with Gasteiger partial charge in [-0.25, -0.2) is 0 Å². The summed E-state index contributed by atoms with van der Waals surface area (Å²) < 4.78 is 10.3. The summed E-state index contributed by atoms with van der Waals surface area (Å²) in [5, 5.41) is 12.6. The summed E-state index contributed by atoms with van der Waals surface area (Å²) in [6.45, 7) is 1.98. The van der Waals surface area contributed by atoms with E-state index in [1.165, 1.54) is 0 Å². The molecule has 0 amide bonds. The van der Waals surface area contributed by atoms with Gasteiger partial charge < -0.3 is 14.2 Å². The number of rotatable bonds is 4. The maximum Gasteiger partial charge on any atom is 0.274 e. The van der Waals surface area contributed by atoms with Crippen LogP contribution in [0.5, 0.6) is 0 Å². The predicted molar refractivity (Wildman–Crippen MR) is 58.8 cm³/mol. The molecular formula is C11H12N4O2. The lowest BCUT2D eigenvalue weighted by atomic mass is 10.2. The zero-order valence-corrected chi connectivity index (χ0v) is 9.60. The van der Waals surface area contributed by atoms with Crippen LogP contribution in [0.15, 0.2) is 16.8 Å². The quantitative estimate of drug-likeness (QED) is 0.871. The molecule has 0 spiro atoms. The molecule has 2 heterocycles. The molecule has 1 N–H and O–H groups in total. The molecule has 17 heavy (non-hydrogen) atoms. The van der Waals surface area contributed by atoms with Crippen molar-refractivity contribution in [3.63, 3.8) is 0 Å². The Morgan fingerprint density at radius 3 is 3.06 bits per heavy atom. The molecule has 0 saturated heterocycles. The van der Waals surface area contributed by atoms with Crippen LogP contribution < -0.4 is 0 Å². The van der Waals surface area contributed by atoms with E-state index < -0.39 is 0 Å². The molecule has 0 bridgehead atoms. The van der Waals surface area contributed by atoms with Crippen molar-refractivity contribution >= 4 is 0 Å². The van der Waals surface area contributed by atoms with Crippen molar-refractivity contribution in [3.05, 3.63) is 23.7 Å². The zero-order valence-electron chi connectivity index (χ0n) is 9.60. The van der Waals surface area contributed by atoms with E-state index >= 15 is 0 Å². The lowest BCUT2D eigenvalue weighted by molar-refractivity contribution is 0.0903. The van der Waals surface area contributed by atoms with Crippen molar-refractivity contribution in [2.45, 2.75) is 19.4 Å². The second-order valence-corrected chi connectivity index (χ2v) is 3.50. The first kappa shape index (κ1) is 11.4. The van der Waals surface area contributed by atoms with Crippen molar-refractivity contribution in [2.75, 3.05) is 7.11 Å². The summed E-state index contributed by atoms with van der Waals surface area (Å²) >= 11 is 0. The topological polar surface area (TPSA) is 87.7 Å². The highest BCUT2D eigenvalue weighted by Gasteiger charge is 2.17. The monoisotopic (exact) mass is 232 g/mol. The van der Waals surface area contributed by atoms with E-state index in [1.807, 2.05) is 13.0 Å². The summed E-state index contributed by atoms with van der Waals surface area (Å²) in [7, 11) is 1.60. The highest BCUT2D eigenvalue weighted by molar-refractivity contribution is 5.51. The SMILES string of the molecule is CCC(OC)c1noc(-c2cc(C#N)c[nH]2)n1. The van der Waals surface area contributed by atoms with Gasteiger partial charge in [0, 0.05) is 13.3 Å². The van der Waals surface area contributed by atoms with E-state index in [0.29, 0.717) is 23.0 Å². The average molecular weight is 232 g/mol. The molecule has 0 aliphatic heterocycles. The molecule has 0 radical (unpaired) electrons. The van der Waals surface area contributed by atoms with E-state index in [0.717, 1.165) is 6.42 Å². The Balaban J connectivity index is 2.26. The van der Waals surface area contributed by atoms with Gasteiger partial charge in [0.05, 0.1) is 5.56 Å². The standard InChI is InChI=1S/C11H12N4O2/c1-3-9(16-2)10-14-11(17-15-10)8-4-7(5-12)6-13-8/h4,6,9,13H,3H2,1-2H3. The van der Waals surface area contributed by atoms with Crippen molar-refractivity contribution in [1.29, 1.82) is 5.26 Å². The lowest BCUT2D eigenvalue weighted by Crippen LogP contribution is -2.01. The number of hydrogen-bond acceptors (Lipinski definition) is 5. The van der Waals surface area contributed by atoms with Crippen LogP contribution in [0.4, 0.5) is 0 Å². The highest BCUT2D eigenvalue weighted by Crippen LogP contribution is 2.21. The molecular weight excluding hydrogens is 220 g/mol. The molecule has 0 aliphatic rings. The Morgan fingerprint density at radius 1 is 1.65 bits per heavy atom. The molecule has 2 aromatic rings. The second kappa shape index (κ2) is 4.80. The molecule has 0 aliphatic carbocycles.